The molecule has 0 unspecified atom stereocenters. The van der Waals surface area contributed by atoms with Gasteiger partial charge >= 0.3 is 0 Å². The van der Waals surface area contributed by atoms with Crippen LogP contribution in [-0.4, -0.2) is 13.0 Å². The van der Waals surface area contributed by atoms with Crippen molar-refractivity contribution in [1.29, 1.82) is 0 Å². The zero-order valence-corrected chi connectivity index (χ0v) is 19.8. The molecule has 3 rings (SSSR count). The Kier molecular flexibility index (Phi) is 6.60. The van der Waals surface area contributed by atoms with Crippen LogP contribution in [0.25, 0.3) is 11.1 Å². The van der Waals surface area contributed by atoms with Crippen molar-refractivity contribution in [2.24, 2.45) is 7.05 Å². The van der Waals surface area contributed by atoms with Crippen molar-refractivity contribution in [1.82, 2.24) is 4.57 Å². The molecular weight excluding hydrogens is 424 g/mol. The van der Waals surface area contributed by atoms with E-state index < -0.39 is 10.0 Å². The summed E-state index contributed by atoms with van der Waals surface area (Å²) in [6.45, 7) is 11.3. The van der Waals surface area contributed by atoms with Gasteiger partial charge in [0, 0.05) is 41.0 Å². The van der Waals surface area contributed by atoms with E-state index in [9.17, 15) is 13.2 Å². The van der Waals surface area contributed by atoms with Gasteiger partial charge in [0.25, 0.3) is 15.6 Å². The maximum absolute atomic E-state index is 12.4. The predicted molar refractivity (Wildman–Crippen MR) is 130 cm³/mol. The van der Waals surface area contributed by atoms with Gasteiger partial charge in [0.15, 0.2) is 0 Å². The van der Waals surface area contributed by atoms with Crippen molar-refractivity contribution < 1.29 is 13.2 Å². The first-order chi connectivity index (χ1) is 15.0. The van der Waals surface area contributed by atoms with Crippen molar-refractivity contribution >= 4 is 15.7 Å². The summed E-state index contributed by atoms with van der Waals surface area (Å²) in [5.41, 5.74) is 5.53. The second kappa shape index (κ2) is 9.04. The number of aryl methyl sites for hydroxylation is 5. The van der Waals surface area contributed by atoms with Gasteiger partial charge in [0.05, 0.1) is 0 Å². The smallest absolute Gasteiger partial charge is 0.254 e. The van der Waals surface area contributed by atoms with E-state index in [1.165, 1.54) is 4.57 Å². The van der Waals surface area contributed by atoms with Crippen LogP contribution in [0.15, 0.2) is 59.4 Å². The molecule has 0 saturated heterocycles. The highest BCUT2D eigenvalue weighted by atomic mass is 32.2. The van der Waals surface area contributed by atoms with E-state index in [1.54, 1.807) is 31.4 Å². The van der Waals surface area contributed by atoms with Crippen LogP contribution in [0.2, 0.25) is 0 Å². The Morgan fingerprint density at radius 2 is 1.75 bits per heavy atom. The first-order valence-corrected chi connectivity index (χ1v) is 11.8. The van der Waals surface area contributed by atoms with Crippen molar-refractivity contribution in [3.63, 3.8) is 0 Å². The van der Waals surface area contributed by atoms with Gasteiger partial charge in [-0.3, -0.25) is 9.52 Å². The average molecular weight is 453 g/mol. The summed E-state index contributed by atoms with van der Waals surface area (Å²) < 4.78 is 34.4. The van der Waals surface area contributed by atoms with Crippen LogP contribution < -0.4 is 15.0 Å². The summed E-state index contributed by atoms with van der Waals surface area (Å²) in [6.07, 6.45) is 2.31. The molecule has 6 nitrogen and oxygen atoms in total. The van der Waals surface area contributed by atoms with E-state index in [0.717, 1.165) is 33.4 Å². The number of benzene rings is 2. The third-order valence-electron chi connectivity index (χ3n) is 5.23. The standard InChI is InChI=1S/C25H28N2O4S/c1-7-19-13-20(15-27(6)25(19)28)22-14-21(26-32(29,30)8-2)9-10-23(22)31-24-17(4)11-16(3)12-18(24)5/h8-15,26H,2,7H2,1,3-6H3. The highest BCUT2D eigenvalue weighted by molar-refractivity contribution is 7.95. The third-order valence-corrected chi connectivity index (χ3v) is 6.18. The molecule has 0 fully saturated rings. The van der Waals surface area contributed by atoms with Crippen molar-refractivity contribution in [2.75, 3.05) is 4.72 Å². The second-order valence-electron chi connectivity index (χ2n) is 7.88. The lowest BCUT2D eigenvalue weighted by Crippen LogP contribution is -2.20. The minimum atomic E-state index is -3.67. The molecule has 1 aromatic heterocycles. The fourth-order valence-electron chi connectivity index (χ4n) is 3.73. The van der Waals surface area contributed by atoms with Crippen LogP contribution >= 0.6 is 0 Å². The molecule has 0 bridgehead atoms. The molecule has 0 atom stereocenters. The van der Waals surface area contributed by atoms with Gasteiger partial charge in [-0.25, -0.2) is 8.42 Å². The topological polar surface area (TPSA) is 77.4 Å². The molecule has 0 saturated carbocycles. The Morgan fingerprint density at radius 1 is 1.09 bits per heavy atom. The first kappa shape index (κ1) is 23.3. The Hall–Kier alpha value is -3.32. The number of hydrogen-bond acceptors (Lipinski definition) is 4. The molecule has 2 aromatic carbocycles. The van der Waals surface area contributed by atoms with Gasteiger partial charge in [-0.2, -0.15) is 0 Å². The molecule has 32 heavy (non-hydrogen) atoms. The highest BCUT2D eigenvalue weighted by Gasteiger charge is 2.16. The molecular formula is C25H28N2O4S. The minimum Gasteiger partial charge on any atom is -0.456 e. The van der Waals surface area contributed by atoms with Crippen LogP contribution in [0.5, 0.6) is 11.5 Å². The largest absolute Gasteiger partial charge is 0.456 e. The van der Waals surface area contributed by atoms with Crippen molar-refractivity contribution in [3.8, 4) is 22.6 Å². The summed E-state index contributed by atoms with van der Waals surface area (Å²) in [6, 6.07) is 11.0. The molecule has 0 spiro atoms. The van der Waals surface area contributed by atoms with Crippen LogP contribution in [0.1, 0.15) is 29.2 Å². The van der Waals surface area contributed by atoms with Crippen LogP contribution in [0.4, 0.5) is 5.69 Å². The fourth-order valence-corrected chi connectivity index (χ4v) is 4.27. The Bertz CT molecular complexity index is 1330. The van der Waals surface area contributed by atoms with Gasteiger partial charge < -0.3 is 9.30 Å². The van der Waals surface area contributed by atoms with Gasteiger partial charge in [-0.1, -0.05) is 31.2 Å². The van der Waals surface area contributed by atoms with E-state index in [1.807, 2.05) is 33.8 Å². The molecule has 0 aliphatic carbocycles. The molecule has 1 heterocycles. The number of nitrogens with zero attached hydrogens (tertiary/aromatic N) is 1. The summed E-state index contributed by atoms with van der Waals surface area (Å²) in [4.78, 5) is 12.4. The average Bonchev–Trinajstić information content (AvgIpc) is 2.73. The predicted octanol–water partition coefficient (Wildman–Crippen LogP) is 5.22. The van der Waals surface area contributed by atoms with Gasteiger partial charge in [0.2, 0.25) is 0 Å². The number of ether oxygens (including phenoxy) is 1. The maximum Gasteiger partial charge on any atom is 0.254 e. The number of nitrogens with one attached hydrogen (secondary N) is 1. The van der Waals surface area contributed by atoms with Gasteiger partial charge in [0.1, 0.15) is 11.5 Å². The van der Waals surface area contributed by atoms with Gasteiger partial charge in [-0.05, 0) is 62.6 Å². The zero-order valence-electron chi connectivity index (χ0n) is 19.0. The third kappa shape index (κ3) is 4.94. The molecule has 7 heteroatoms. The van der Waals surface area contributed by atoms with E-state index in [4.69, 9.17) is 4.74 Å². The lowest BCUT2D eigenvalue weighted by molar-refractivity contribution is 0.476. The van der Waals surface area contributed by atoms with Gasteiger partial charge in [-0.15, -0.1) is 0 Å². The van der Waals surface area contributed by atoms with E-state index >= 15 is 0 Å². The first-order valence-electron chi connectivity index (χ1n) is 10.3. The Labute approximate surface area is 189 Å². The van der Waals surface area contributed by atoms with Crippen molar-refractivity contribution in [3.05, 3.63) is 87.2 Å². The summed E-state index contributed by atoms with van der Waals surface area (Å²) in [5, 5.41) is 0.859. The molecule has 0 radical (unpaired) electrons. The normalized spacial score (nSPS) is 11.3. The number of anilines is 1. The van der Waals surface area contributed by atoms with E-state index in [0.29, 0.717) is 29.0 Å². The number of sulfonamides is 1. The number of hydrogen-bond donors (Lipinski definition) is 1. The minimum absolute atomic E-state index is 0.0625. The van der Waals surface area contributed by atoms with E-state index in [2.05, 4.69) is 23.4 Å². The molecule has 0 amide bonds. The summed E-state index contributed by atoms with van der Waals surface area (Å²) in [7, 11) is -1.97. The maximum atomic E-state index is 12.4. The fraction of sp³-hybridized carbons (Fsp3) is 0.240. The molecule has 0 aliphatic rings. The molecule has 1 N–H and O–H groups in total. The number of rotatable bonds is 7. The second-order valence-corrected chi connectivity index (χ2v) is 9.51. The van der Waals surface area contributed by atoms with Crippen LogP contribution in [0.3, 0.4) is 0 Å². The molecule has 3 aromatic rings. The van der Waals surface area contributed by atoms with Crippen LogP contribution in [-0.2, 0) is 23.5 Å². The van der Waals surface area contributed by atoms with Crippen LogP contribution in [0, 0.1) is 20.8 Å². The Balaban J connectivity index is 2.21. The summed E-state index contributed by atoms with van der Waals surface area (Å²) in [5.74, 6) is 1.30. The highest BCUT2D eigenvalue weighted by Crippen LogP contribution is 2.38. The number of aromatic nitrogens is 1. The monoisotopic (exact) mass is 452 g/mol. The SMILES string of the molecule is C=CS(=O)(=O)Nc1ccc(Oc2c(C)cc(C)cc2C)c(-c2cc(CC)c(=O)n(C)c2)c1. The zero-order chi connectivity index (χ0) is 23.6. The lowest BCUT2D eigenvalue weighted by atomic mass is 10.0. The Morgan fingerprint density at radius 3 is 2.34 bits per heavy atom. The van der Waals surface area contributed by atoms with E-state index in [-0.39, 0.29) is 5.56 Å². The van der Waals surface area contributed by atoms with Crippen molar-refractivity contribution in [2.45, 2.75) is 34.1 Å². The molecule has 168 valence electrons. The molecule has 0 aliphatic heterocycles. The number of pyridine rings is 1. The summed E-state index contributed by atoms with van der Waals surface area (Å²) >= 11 is 0. The lowest BCUT2D eigenvalue weighted by Gasteiger charge is -2.18. The quantitative estimate of drug-likeness (QED) is 0.533.